The number of benzene rings is 1. The molecule has 0 spiro atoms. The molecule has 0 amide bonds. The molecule has 1 unspecified atom stereocenters. The van der Waals surface area contributed by atoms with Crippen LogP contribution in [0.3, 0.4) is 0 Å². The van der Waals surface area contributed by atoms with Gasteiger partial charge in [-0.1, -0.05) is 12.1 Å². The molecule has 0 fully saturated rings. The van der Waals surface area contributed by atoms with Gasteiger partial charge >= 0.3 is 6.18 Å². The van der Waals surface area contributed by atoms with E-state index < -0.39 is 11.7 Å². The number of nitrogens with zero attached hydrogens (tertiary/aromatic N) is 1. The van der Waals surface area contributed by atoms with E-state index in [-0.39, 0.29) is 6.04 Å². The molecule has 6 heteroatoms. The van der Waals surface area contributed by atoms with E-state index in [0.717, 1.165) is 22.6 Å². The molecule has 0 radical (unpaired) electrons. The smallest absolute Gasteiger partial charge is 0.305 e. The predicted molar refractivity (Wildman–Crippen MR) is 68.8 cm³/mol. The van der Waals surface area contributed by atoms with Crippen LogP contribution >= 0.6 is 11.3 Å². The first kappa shape index (κ1) is 14.0. The highest BCUT2D eigenvalue weighted by molar-refractivity contribution is 7.09. The van der Waals surface area contributed by atoms with Gasteiger partial charge < -0.3 is 5.32 Å². The number of alkyl halides is 3. The molecular formula is C13H13F3N2S. The summed E-state index contributed by atoms with van der Waals surface area (Å²) in [4.78, 5) is 5.06. The van der Waals surface area contributed by atoms with Crippen LogP contribution in [0.1, 0.15) is 29.0 Å². The van der Waals surface area contributed by atoms with Crippen molar-refractivity contribution in [3.8, 4) is 0 Å². The number of hydrogen-bond donors (Lipinski definition) is 1. The van der Waals surface area contributed by atoms with Gasteiger partial charge in [0, 0.05) is 23.7 Å². The predicted octanol–water partition coefficient (Wildman–Crippen LogP) is 4.01. The Hall–Kier alpha value is -1.40. The highest BCUT2D eigenvalue weighted by atomic mass is 32.1. The summed E-state index contributed by atoms with van der Waals surface area (Å²) >= 11 is 1.54. The summed E-state index contributed by atoms with van der Waals surface area (Å²) in [7, 11) is 0. The highest BCUT2D eigenvalue weighted by Gasteiger charge is 2.30. The standard InChI is InChI=1S/C13H13F3N2S/c1-9(18-7-12-6-17-8-19-12)10-2-4-11(5-3-10)13(14,15)16/h2-6,8-9,18H,7H2,1H3. The fraction of sp³-hybridized carbons (Fsp3) is 0.308. The first-order chi connectivity index (χ1) is 8.97. The van der Waals surface area contributed by atoms with Crippen molar-refractivity contribution in [3.63, 3.8) is 0 Å². The van der Waals surface area contributed by atoms with E-state index in [9.17, 15) is 13.2 Å². The van der Waals surface area contributed by atoms with Gasteiger partial charge in [0.2, 0.25) is 0 Å². The summed E-state index contributed by atoms with van der Waals surface area (Å²) in [6.45, 7) is 2.58. The fourth-order valence-electron chi connectivity index (χ4n) is 1.66. The SMILES string of the molecule is CC(NCc1cncs1)c1ccc(C(F)(F)F)cc1. The maximum absolute atomic E-state index is 12.4. The quantitative estimate of drug-likeness (QED) is 0.918. The van der Waals surface area contributed by atoms with Gasteiger partial charge in [0.05, 0.1) is 11.1 Å². The van der Waals surface area contributed by atoms with Gasteiger partial charge in [0.15, 0.2) is 0 Å². The van der Waals surface area contributed by atoms with E-state index in [0.29, 0.717) is 6.54 Å². The van der Waals surface area contributed by atoms with Gasteiger partial charge in [-0.2, -0.15) is 13.2 Å². The van der Waals surface area contributed by atoms with Crippen LogP contribution in [0.5, 0.6) is 0 Å². The Morgan fingerprint density at radius 1 is 1.26 bits per heavy atom. The zero-order chi connectivity index (χ0) is 13.9. The molecule has 2 nitrogen and oxygen atoms in total. The molecule has 1 aromatic heterocycles. The third-order valence-electron chi connectivity index (χ3n) is 2.80. The van der Waals surface area contributed by atoms with Gasteiger partial charge in [0.25, 0.3) is 0 Å². The second-order valence-electron chi connectivity index (χ2n) is 4.19. The maximum atomic E-state index is 12.4. The topological polar surface area (TPSA) is 24.9 Å². The Morgan fingerprint density at radius 2 is 1.95 bits per heavy atom. The van der Waals surface area contributed by atoms with Crippen molar-refractivity contribution in [2.24, 2.45) is 0 Å². The lowest BCUT2D eigenvalue weighted by Gasteiger charge is -2.14. The lowest BCUT2D eigenvalue weighted by atomic mass is 10.1. The van der Waals surface area contributed by atoms with E-state index in [4.69, 9.17) is 0 Å². The number of thiazole rings is 1. The molecule has 102 valence electrons. The average molecular weight is 286 g/mol. The third-order valence-corrected chi connectivity index (χ3v) is 3.58. The maximum Gasteiger partial charge on any atom is 0.416 e. The number of hydrogen-bond acceptors (Lipinski definition) is 3. The second kappa shape index (κ2) is 5.71. The van der Waals surface area contributed by atoms with Crippen molar-refractivity contribution >= 4 is 11.3 Å². The number of rotatable bonds is 4. The second-order valence-corrected chi connectivity index (χ2v) is 5.16. The number of nitrogens with one attached hydrogen (secondary N) is 1. The summed E-state index contributed by atoms with van der Waals surface area (Å²) < 4.78 is 37.3. The molecule has 0 bridgehead atoms. The molecule has 0 aliphatic carbocycles. The zero-order valence-corrected chi connectivity index (χ0v) is 11.1. The molecule has 0 aliphatic rings. The average Bonchev–Trinajstić information content (AvgIpc) is 2.88. The summed E-state index contributed by atoms with van der Waals surface area (Å²) in [5.74, 6) is 0. The largest absolute Gasteiger partial charge is 0.416 e. The summed E-state index contributed by atoms with van der Waals surface area (Å²) in [6, 6.07) is 5.23. The van der Waals surface area contributed by atoms with Crippen molar-refractivity contribution in [1.29, 1.82) is 0 Å². The van der Waals surface area contributed by atoms with Crippen LogP contribution in [0.4, 0.5) is 13.2 Å². The van der Waals surface area contributed by atoms with Crippen LogP contribution in [0, 0.1) is 0 Å². The number of halogens is 3. The van der Waals surface area contributed by atoms with E-state index in [2.05, 4.69) is 10.3 Å². The van der Waals surface area contributed by atoms with Crippen LogP contribution in [-0.2, 0) is 12.7 Å². The molecule has 1 heterocycles. The Balaban J connectivity index is 1.97. The van der Waals surface area contributed by atoms with Crippen molar-refractivity contribution < 1.29 is 13.2 Å². The Kier molecular flexibility index (Phi) is 4.21. The van der Waals surface area contributed by atoms with Crippen LogP contribution in [0.2, 0.25) is 0 Å². The lowest BCUT2D eigenvalue weighted by Crippen LogP contribution is -2.17. The minimum absolute atomic E-state index is 0.00983. The van der Waals surface area contributed by atoms with Gasteiger partial charge in [0.1, 0.15) is 0 Å². The first-order valence-corrected chi connectivity index (χ1v) is 6.62. The molecule has 1 N–H and O–H groups in total. The molecular weight excluding hydrogens is 273 g/mol. The van der Waals surface area contributed by atoms with E-state index >= 15 is 0 Å². The molecule has 19 heavy (non-hydrogen) atoms. The van der Waals surface area contributed by atoms with Gasteiger partial charge in [-0.3, -0.25) is 4.98 Å². The monoisotopic (exact) mass is 286 g/mol. The lowest BCUT2D eigenvalue weighted by molar-refractivity contribution is -0.137. The minimum atomic E-state index is -4.28. The Morgan fingerprint density at radius 3 is 2.47 bits per heavy atom. The minimum Gasteiger partial charge on any atom is -0.305 e. The fourth-order valence-corrected chi connectivity index (χ4v) is 2.21. The summed E-state index contributed by atoms with van der Waals surface area (Å²) in [5.41, 5.74) is 1.96. The Labute approximate surface area is 113 Å². The van der Waals surface area contributed by atoms with Crippen LogP contribution in [0.15, 0.2) is 36.0 Å². The van der Waals surface area contributed by atoms with E-state index in [1.54, 1.807) is 23.0 Å². The third kappa shape index (κ3) is 3.78. The van der Waals surface area contributed by atoms with Crippen molar-refractivity contribution in [2.75, 3.05) is 0 Å². The van der Waals surface area contributed by atoms with Crippen LogP contribution in [-0.4, -0.2) is 4.98 Å². The molecule has 0 saturated heterocycles. The summed E-state index contributed by atoms with van der Waals surface area (Å²) in [5, 5.41) is 3.25. The van der Waals surface area contributed by atoms with Gasteiger partial charge in [-0.25, -0.2) is 0 Å². The van der Waals surface area contributed by atoms with Gasteiger partial charge in [-0.15, -0.1) is 11.3 Å². The van der Waals surface area contributed by atoms with Crippen molar-refractivity contribution in [2.45, 2.75) is 25.7 Å². The van der Waals surface area contributed by atoms with E-state index in [1.807, 2.05) is 6.92 Å². The summed E-state index contributed by atoms with van der Waals surface area (Å²) in [6.07, 6.45) is -2.50. The molecule has 1 atom stereocenters. The number of aromatic nitrogens is 1. The normalized spacial score (nSPS) is 13.5. The Bertz CT molecular complexity index is 506. The molecule has 2 rings (SSSR count). The van der Waals surface area contributed by atoms with Gasteiger partial charge in [-0.05, 0) is 24.6 Å². The molecule has 0 saturated carbocycles. The van der Waals surface area contributed by atoms with Crippen LogP contribution < -0.4 is 5.32 Å². The molecule has 0 aliphatic heterocycles. The van der Waals surface area contributed by atoms with Crippen molar-refractivity contribution in [1.82, 2.24) is 10.3 Å². The van der Waals surface area contributed by atoms with Crippen molar-refractivity contribution in [3.05, 3.63) is 52.0 Å². The molecule has 1 aromatic carbocycles. The van der Waals surface area contributed by atoms with E-state index in [1.165, 1.54) is 12.1 Å². The molecule has 2 aromatic rings. The zero-order valence-electron chi connectivity index (χ0n) is 10.2. The highest BCUT2D eigenvalue weighted by Crippen LogP contribution is 2.29. The first-order valence-electron chi connectivity index (χ1n) is 5.75. The van der Waals surface area contributed by atoms with Crippen LogP contribution in [0.25, 0.3) is 0 Å².